The molecule has 1 aliphatic rings. The van der Waals surface area contributed by atoms with Crippen molar-refractivity contribution in [3.05, 3.63) is 68.0 Å². The van der Waals surface area contributed by atoms with E-state index in [1.54, 1.807) is 24.3 Å². The molecule has 1 saturated carbocycles. The van der Waals surface area contributed by atoms with Gasteiger partial charge in [0.25, 0.3) is 5.56 Å². The number of benzene rings is 1. The molecule has 0 amide bonds. The maximum absolute atomic E-state index is 12.5. The van der Waals surface area contributed by atoms with Crippen LogP contribution in [0.15, 0.2) is 40.1 Å². The Bertz CT molecular complexity index is 944. The summed E-state index contributed by atoms with van der Waals surface area (Å²) >= 11 is 0. The third-order valence-corrected chi connectivity index (χ3v) is 3.97. The highest BCUT2D eigenvalue weighted by Crippen LogP contribution is 2.33. The number of carbonyl (C=O) groups is 1. The van der Waals surface area contributed by atoms with Gasteiger partial charge in [-0.2, -0.15) is 5.26 Å². The summed E-state index contributed by atoms with van der Waals surface area (Å²) in [5.74, 6) is -0.457. The minimum absolute atomic E-state index is 0.0430. The quantitative estimate of drug-likeness (QED) is 0.783. The molecule has 2 aromatic rings. The van der Waals surface area contributed by atoms with Crippen LogP contribution in [0.4, 0.5) is 0 Å². The molecule has 0 atom stereocenters. The molecule has 1 fully saturated rings. The van der Waals surface area contributed by atoms with Crippen molar-refractivity contribution in [3.8, 4) is 6.07 Å². The molecule has 1 aromatic carbocycles. The monoisotopic (exact) mass is 325 g/mol. The molecule has 7 nitrogen and oxygen atoms in total. The lowest BCUT2D eigenvalue weighted by molar-refractivity contribution is 0.0600. The summed E-state index contributed by atoms with van der Waals surface area (Å²) in [5.41, 5.74) is -0.00303. The minimum Gasteiger partial charge on any atom is -0.465 e. The first-order valence-electron chi connectivity index (χ1n) is 7.48. The number of methoxy groups -OCH3 is 1. The molecule has 1 aliphatic carbocycles. The van der Waals surface area contributed by atoms with Crippen LogP contribution in [0, 0.1) is 11.3 Å². The van der Waals surface area contributed by atoms with E-state index in [2.05, 4.69) is 4.74 Å². The zero-order chi connectivity index (χ0) is 17.3. The molecule has 24 heavy (non-hydrogen) atoms. The standard InChI is InChI=1S/C17H15N3O4/c1-24-16(22)12-4-2-11(3-5-12)9-20-15(21)13(8-18)10-19(17(20)23)14-6-7-14/h2-5,10,14H,6-7,9H2,1H3. The molecular weight excluding hydrogens is 310 g/mol. The highest BCUT2D eigenvalue weighted by atomic mass is 16.5. The first kappa shape index (κ1) is 15.7. The van der Waals surface area contributed by atoms with Crippen LogP contribution in [0.1, 0.15) is 40.4 Å². The van der Waals surface area contributed by atoms with E-state index in [-0.39, 0.29) is 18.2 Å². The number of hydrogen-bond acceptors (Lipinski definition) is 5. The molecule has 0 bridgehead atoms. The fraction of sp³-hybridized carbons (Fsp3) is 0.294. The Balaban J connectivity index is 1.99. The average Bonchev–Trinajstić information content (AvgIpc) is 3.43. The maximum atomic E-state index is 12.5. The van der Waals surface area contributed by atoms with Gasteiger partial charge in [-0.25, -0.2) is 9.59 Å². The fourth-order valence-electron chi connectivity index (χ4n) is 2.50. The lowest BCUT2D eigenvalue weighted by atomic mass is 10.1. The van der Waals surface area contributed by atoms with Crippen LogP contribution in [0.5, 0.6) is 0 Å². The van der Waals surface area contributed by atoms with Crippen molar-refractivity contribution in [2.45, 2.75) is 25.4 Å². The van der Waals surface area contributed by atoms with Crippen LogP contribution in [0.2, 0.25) is 0 Å². The molecule has 7 heteroatoms. The second kappa shape index (κ2) is 6.16. The van der Waals surface area contributed by atoms with Crippen LogP contribution in [-0.2, 0) is 11.3 Å². The van der Waals surface area contributed by atoms with Gasteiger partial charge in [0.15, 0.2) is 0 Å². The van der Waals surface area contributed by atoms with Crippen molar-refractivity contribution in [1.82, 2.24) is 9.13 Å². The maximum Gasteiger partial charge on any atom is 0.337 e. The van der Waals surface area contributed by atoms with Gasteiger partial charge in [-0.1, -0.05) is 12.1 Å². The second-order valence-electron chi connectivity index (χ2n) is 5.66. The number of carbonyl (C=O) groups excluding carboxylic acids is 1. The van der Waals surface area contributed by atoms with Crippen molar-refractivity contribution >= 4 is 5.97 Å². The van der Waals surface area contributed by atoms with E-state index in [4.69, 9.17) is 5.26 Å². The molecule has 0 aliphatic heterocycles. The molecule has 0 N–H and O–H groups in total. The Morgan fingerprint density at radius 3 is 2.50 bits per heavy atom. The molecule has 1 heterocycles. The Hall–Kier alpha value is -3.14. The smallest absolute Gasteiger partial charge is 0.337 e. The zero-order valence-corrected chi connectivity index (χ0v) is 13.1. The molecule has 1 aromatic heterocycles. The second-order valence-corrected chi connectivity index (χ2v) is 5.66. The third kappa shape index (κ3) is 2.86. The van der Waals surface area contributed by atoms with E-state index in [9.17, 15) is 14.4 Å². The molecule has 122 valence electrons. The Morgan fingerprint density at radius 1 is 1.29 bits per heavy atom. The minimum atomic E-state index is -0.601. The summed E-state index contributed by atoms with van der Waals surface area (Å²) < 4.78 is 7.15. The number of nitrogens with zero attached hydrogens (tertiary/aromatic N) is 3. The number of aromatic nitrogens is 2. The summed E-state index contributed by atoms with van der Waals surface area (Å²) in [6.07, 6.45) is 3.09. The highest BCUT2D eigenvalue weighted by molar-refractivity contribution is 5.89. The number of ether oxygens (including phenoxy) is 1. The Morgan fingerprint density at radius 2 is 1.96 bits per heavy atom. The molecule has 0 unspecified atom stereocenters. The summed E-state index contributed by atoms with van der Waals surface area (Å²) in [6.45, 7) is 0.0430. The normalized spacial score (nSPS) is 13.3. The largest absolute Gasteiger partial charge is 0.465 e. The van der Waals surface area contributed by atoms with Gasteiger partial charge in [-0.15, -0.1) is 0 Å². The van der Waals surface area contributed by atoms with E-state index in [1.165, 1.54) is 17.9 Å². The van der Waals surface area contributed by atoms with Gasteiger partial charge in [0.05, 0.1) is 19.2 Å². The van der Waals surface area contributed by atoms with Crippen molar-refractivity contribution in [1.29, 1.82) is 5.26 Å². The molecular formula is C17H15N3O4. The van der Waals surface area contributed by atoms with E-state index in [0.717, 1.165) is 17.4 Å². The Kier molecular flexibility index (Phi) is 4.04. The molecule has 3 rings (SSSR count). The lowest BCUT2D eigenvalue weighted by Gasteiger charge is -2.10. The Labute approximate surface area is 137 Å². The van der Waals surface area contributed by atoms with Crippen molar-refractivity contribution in [2.75, 3.05) is 7.11 Å². The number of hydrogen-bond donors (Lipinski definition) is 0. The lowest BCUT2D eigenvalue weighted by Crippen LogP contribution is -2.40. The van der Waals surface area contributed by atoms with Gasteiger partial charge in [-0.05, 0) is 30.5 Å². The summed E-state index contributed by atoms with van der Waals surface area (Å²) in [6, 6.07) is 8.36. The van der Waals surface area contributed by atoms with Crippen LogP contribution >= 0.6 is 0 Å². The zero-order valence-electron chi connectivity index (χ0n) is 13.1. The van der Waals surface area contributed by atoms with Crippen LogP contribution in [-0.4, -0.2) is 22.2 Å². The third-order valence-electron chi connectivity index (χ3n) is 3.97. The first-order chi connectivity index (χ1) is 11.5. The average molecular weight is 325 g/mol. The van der Waals surface area contributed by atoms with Crippen LogP contribution in [0.3, 0.4) is 0 Å². The molecule has 0 saturated heterocycles. The van der Waals surface area contributed by atoms with Gasteiger partial charge in [0, 0.05) is 12.2 Å². The van der Waals surface area contributed by atoms with Gasteiger partial charge >= 0.3 is 11.7 Å². The predicted molar refractivity (Wildman–Crippen MR) is 84.8 cm³/mol. The molecule has 0 radical (unpaired) electrons. The first-order valence-corrected chi connectivity index (χ1v) is 7.48. The fourth-order valence-corrected chi connectivity index (χ4v) is 2.50. The van der Waals surface area contributed by atoms with E-state index >= 15 is 0 Å². The SMILES string of the molecule is COC(=O)c1ccc(Cn2c(=O)c(C#N)cn(C3CC3)c2=O)cc1. The van der Waals surface area contributed by atoms with Gasteiger partial charge in [-0.3, -0.25) is 13.9 Å². The van der Waals surface area contributed by atoms with Gasteiger partial charge < -0.3 is 4.74 Å². The van der Waals surface area contributed by atoms with Gasteiger partial charge in [0.2, 0.25) is 0 Å². The summed E-state index contributed by atoms with van der Waals surface area (Å²) in [5, 5.41) is 9.12. The van der Waals surface area contributed by atoms with E-state index in [1.807, 2.05) is 6.07 Å². The molecule has 0 spiro atoms. The topological polar surface area (TPSA) is 94.1 Å². The van der Waals surface area contributed by atoms with E-state index < -0.39 is 17.2 Å². The van der Waals surface area contributed by atoms with Gasteiger partial charge in [0.1, 0.15) is 11.6 Å². The van der Waals surface area contributed by atoms with Crippen molar-refractivity contribution < 1.29 is 9.53 Å². The van der Waals surface area contributed by atoms with Crippen LogP contribution < -0.4 is 11.2 Å². The summed E-state index contributed by atoms with van der Waals surface area (Å²) in [4.78, 5) is 36.2. The predicted octanol–water partition coefficient (Wildman–Crippen LogP) is 1.05. The van der Waals surface area contributed by atoms with Crippen LogP contribution in [0.25, 0.3) is 0 Å². The van der Waals surface area contributed by atoms with Crippen molar-refractivity contribution in [2.24, 2.45) is 0 Å². The van der Waals surface area contributed by atoms with Crippen molar-refractivity contribution in [3.63, 3.8) is 0 Å². The van der Waals surface area contributed by atoms with E-state index in [0.29, 0.717) is 11.1 Å². The highest BCUT2D eigenvalue weighted by Gasteiger charge is 2.26. The number of esters is 1. The number of rotatable bonds is 4. The summed E-state index contributed by atoms with van der Waals surface area (Å²) in [7, 11) is 1.30. The number of nitriles is 1.